The lowest BCUT2D eigenvalue weighted by Gasteiger charge is -2.23. The van der Waals surface area contributed by atoms with E-state index in [4.69, 9.17) is 9.47 Å². The third-order valence-corrected chi connectivity index (χ3v) is 6.00. The zero-order valence-corrected chi connectivity index (χ0v) is 22.2. The van der Waals surface area contributed by atoms with Crippen molar-refractivity contribution in [2.75, 3.05) is 40.9 Å². The molecule has 0 atom stereocenters. The summed E-state index contributed by atoms with van der Waals surface area (Å²) < 4.78 is 37.9. The van der Waals surface area contributed by atoms with E-state index in [9.17, 15) is 8.42 Å². The lowest BCUT2D eigenvalue weighted by atomic mass is 10.1. The first-order valence-corrected chi connectivity index (χ1v) is 11.4. The Bertz CT molecular complexity index is 987. The van der Waals surface area contributed by atoms with Crippen molar-refractivity contribution in [1.82, 2.24) is 19.9 Å². The summed E-state index contributed by atoms with van der Waals surface area (Å²) in [5, 5.41) is 3.24. The Morgan fingerprint density at radius 3 is 2.50 bits per heavy atom. The van der Waals surface area contributed by atoms with Gasteiger partial charge in [0.15, 0.2) is 17.5 Å². The molecule has 0 aliphatic heterocycles. The van der Waals surface area contributed by atoms with Crippen LogP contribution in [0.3, 0.4) is 0 Å². The number of nitrogens with one attached hydrogen (secondary N) is 2. The Labute approximate surface area is 207 Å². The Balaban J connectivity index is 0.00000512. The minimum Gasteiger partial charge on any atom is -0.493 e. The number of methoxy groups -OCH3 is 2. The molecule has 0 aliphatic rings. The standard InChI is InChI=1S/C21H31N5O4S.HI/c1-6-23-21(24-10-11-25-31(27,28)18-8-7-9-22-14-18)26(3)15-17-13-20(30-5)19(29-4)12-16(17)2;/h7-9,12-14,25H,6,10-11,15H2,1-5H3,(H,23,24);1H. The average Bonchev–Trinajstić information content (AvgIpc) is 2.77. The first-order chi connectivity index (χ1) is 14.8. The highest BCUT2D eigenvalue weighted by atomic mass is 127. The zero-order valence-electron chi connectivity index (χ0n) is 19.1. The van der Waals surface area contributed by atoms with Crippen molar-refractivity contribution in [3.8, 4) is 11.5 Å². The normalized spacial score (nSPS) is 11.5. The van der Waals surface area contributed by atoms with Crippen molar-refractivity contribution in [1.29, 1.82) is 0 Å². The number of hydrogen-bond donors (Lipinski definition) is 2. The molecule has 9 nitrogen and oxygen atoms in total. The minimum atomic E-state index is -3.60. The molecule has 0 aliphatic carbocycles. The smallest absolute Gasteiger partial charge is 0.242 e. The monoisotopic (exact) mass is 577 g/mol. The largest absolute Gasteiger partial charge is 0.493 e. The topological polar surface area (TPSA) is 105 Å². The quantitative estimate of drug-likeness (QED) is 0.194. The molecule has 2 rings (SSSR count). The molecule has 0 saturated heterocycles. The second-order valence-corrected chi connectivity index (χ2v) is 8.58. The molecule has 0 spiro atoms. The first-order valence-electron chi connectivity index (χ1n) is 9.93. The van der Waals surface area contributed by atoms with Crippen molar-refractivity contribution in [3.63, 3.8) is 0 Å². The van der Waals surface area contributed by atoms with Crippen molar-refractivity contribution < 1.29 is 17.9 Å². The molecule has 0 fully saturated rings. The van der Waals surface area contributed by atoms with Crippen LogP contribution in [0.2, 0.25) is 0 Å². The summed E-state index contributed by atoms with van der Waals surface area (Å²) in [5.41, 5.74) is 2.15. The Hall–Kier alpha value is -2.12. The lowest BCUT2D eigenvalue weighted by Crippen LogP contribution is -2.39. The van der Waals surface area contributed by atoms with Gasteiger partial charge in [-0.2, -0.15) is 0 Å². The van der Waals surface area contributed by atoms with Crippen LogP contribution in [0.1, 0.15) is 18.1 Å². The lowest BCUT2D eigenvalue weighted by molar-refractivity contribution is 0.353. The van der Waals surface area contributed by atoms with Gasteiger partial charge in [0, 0.05) is 39.1 Å². The van der Waals surface area contributed by atoms with E-state index >= 15 is 0 Å². The van der Waals surface area contributed by atoms with Crippen molar-refractivity contribution in [2.45, 2.75) is 25.3 Å². The molecule has 1 heterocycles. The van der Waals surface area contributed by atoms with Gasteiger partial charge in [-0.25, -0.2) is 13.1 Å². The van der Waals surface area contributed by atoms with Gasteiger partial charge >= 0.3 is 0 Å². The molecule has 1 aromatic carbocycles. The Kier molecular flexibility index (Phi) is 11.7. The van der Waals surface area contributed by atoms with Crippen molar-refractivity contribution >= 4 is 40.0 Å². The maximum atomic E-state index is 12.3. The van der Waals surface area contributed by atoms with Crippen molar-refractivity contribution in [3.05, 3.63) is 47.8 Å². The van der Waals surface area contributed by atoms with Gasteiger partial charge in [0.1, 0.15) is 4.90 Å². The number of aryl methyl sites for hydroxylation is 1. The Morgan fingerprint density at radius 1 is 1.22 bits per heavy atom. The number of ether oxygens (including phenoxy) is 2. The number of aliphatic imine (C=N–C) groups is 1. The third-order valence-electron chi connectivity index (χ3n) is 4.56. The summed E-state index contributed by atoms with van der Waals surface area (Å²) in [5.74, 6) is 2.04. The maximum Gasteiger partial charge on any atom is 0.242 e. The number of guanidine groups is 1. The van der Waals surface area contributed by atoms with Crippen LogP contribution in [0.25, 0.3) is 0 Å². The fourth-order valence-corrected chi connectivity index (χ4v) is 3.91. The summed E-state index contributed by atoms with van der Waals surface area (Å²) in [6, 6.07) is 6.98. The van der Waals surface area contributed by atoms with Crippen LogP contribution in [0.15, 0.2) is 46.5 Å². The molecule has 0 amide bonds. The molecule has 0 unspecified atom stereocenters. The zero-order chi connectivity index (χ0) is 22.9. The van der Waals surface area contributed by atoms with Crippen molar-refractivity contribution in [2.24, 2.45) is 4.99 Å². The number of halogens is 1. The number of pyridine rings is 1. The van der Waals surface area contributed by atoms with Gasteiger partial charge in [0.05, 0.1) is 20.8 Å². The summed E-state index contributed by atoms with van der Waals surface area (Å²) in [6.45, 7) is 5.75. The van der Waals surface area contributed by atoms with E-state index in [1.54, 1.807) is 20.3 Å². The highest BCUT2D eigenvalue weighted by molar-refractivity contribution is 14.0. The van der Waals surface area contributed by atoms with E-state index in [0.29, 0.717) is 30.5 Å². The van der Waals surface area contributed by atoms with Gasteiger partial charge < -0.3 is 19.7 Å². The van der Waals surface area contributed by atoms with Crippen LogP contribution >= 0.6 is 24.0 Å². The molecule has 178 valence electrons. The number of nitrogens with zero attached hydrogens (tertiary/aromatic N) is 3. The average molecular weight is 577 g/mol. The van der Waals surface area contributed by atoms with Gasteiger partial charge in [-0.05, 0) is 49.2 Å². The highest BCUT2D eigenvalue weighted by Crippen LogP contribution is 2.30. The molecule has 11 heteroatoms. The number of hydrogen-bond acceptors (Lipinski definition) is 6. The van der Waals surface area contributed by atoms with E-state index in [0.717, 1.165) is 11.1 Å². The summed E-state index contributed by atoms with van der Waals surface area (Å²) in [6.07, 6.45) is 2.84. The van der Waals surface area contributed by atoms with Gasteiger partial charge in [-0.1, -0.05) is 0 Å². The van der Waals surface area contributed by atoms with Crippen LogP contribution in [-0.4, -0.2) is 65.2 Å². The van der Waals surface area contributed by atoms with Crippen LogP contribution in [0.4, 0.5) is 0 Å². The predicted molar refractivity (Wildman–Crippen MR) is 137 cm³/mol. The fraction of sp³-hybridized carbons (Fsp3) is 0.429. The fourth-order valence-electron chi connectivity index (χ4n) is 2.92. The number of benzene rings is 1. The van der Waals surface area contributed by atoms with Crippen LogP contribution in [0, 0.1) is 6.92 Å². The van der Waals surface area contributed by atoms with Gasteiger partial charge in [0.25, 0.3) is 0 Å². The molecule has 2 aromatic rings. The molecule has 0 saturated carbocycles. The van der Waals surface area contributed by atoms with E-state index in [-0.39, 0.29) is 42.0 Å². The van der Waals surface area contributed by atoms with E-state index in [1.165, 1.54) is 18.5 Å². The van der Waals surface area contributed by atoms with Gasteiger partial charge in [0.2, 0.25) is 10.0 Å². The van der Waals surface area contributed by atoms with E-state index in [1.807, 2.05) is 37.9 Å². The molecule has 0 radical (unpaired) electrons. The Morgan fingerprint density at radius 2 is 1.91 bits per heavy atom. The highest BCUT2D eigenvalue weighted by Gasteiger charge is 2.14. The minimum absolute atomic E-state index is 0. The second kappa shape index (κ2) is 13.4. The van der Waals surface area contributed by atoms with E-state index < -0.39 is 10.0 Å². The second-order valence-electron chi connectivity index (χ2n) is 6.81. The number of aromatic nitrogens is 1. The molecule has 0 bridgehead atoms. The molecule has 2 N–H and O–H groups in total. The van der Waals surface area contributed by atoms with Crippen LogP contribution in [-0.2, 0) is 16.6 Å². The summed E-state index contributed by atoms with van der Waals surface area (Å²) >= 11 is 0. The van der Waals surface area contributed by atoms with Gasteiger partial charge in [-0.3, -0.25) is 9.98 Å². The maximum absolute atomic E-state index is 12.3. The van der Waals surface area contributed by atoms with Gasteiger partial charge in [-0.15, -0.1) is 24.0 Å². The summed E-state index contributed by atoms with van der Waals surface area (Å²) in [7, 11) is 1.55. The number of rotatable bonds is 10. The first kappa shape index (κ1) is 27.9. The van der Waals surface area contributed by atoms with Crippen LogP contribution < -0.4 is 19.5 Å². The number of sulfonamides is 1. The molecular formula is C21H32IN5O4S. The van der Waals surface area contributed by atoms with E-state index in [2.05, 4.69) is 20.0 Å². The third kappa shape index (κ3) is 7.78. The molecule has 1 aromatic heterocycles. The molecule has 32 heavy (non-hydrogen) atoms. The summed E-state index contributed by atoms with van der Waals surface area (Å²) in [4.78, 5) is 10.5. The SMILES string of the molecule is CCNC(=NCCNS(=O)(=O)c1cccnc1)N(C)Cc1cc(OC)c(OC)cc1C.I. The predicted octanol–water partition coefficient (Wildman–Crippen LogP) is 2.40. The molecular weight excluding hydrogens is 545 g/mol. The van der Waals surface area contributed by atoms with Crippen LogP contribution in [0.5, 0.6) is 11.5 Å².